The first-order valence-corrected chi connectivity index (χ1v) is 10.6. The molecule has 1 aliphatic heterocycles. The minimum atomic E-state index is -3.59. The first-order chi connectivity index (χ1) is 12.7. The summed E-state index contributed by atoms with van der Waals surface area (Å²) in [5, 5.41) is 0. The highest BCUT2D eigenvalue weighted by Gasteiger charge is 2.26. The molecule has 1 aliphatic rings. The Hall–Kier alpha value is -2.18. The molecule has 144 valence electrons. The van der Waals surface area contributed by atoms with Crippen molar-refractivity contribution in [1.29, 1.82) is 0 Å². The van der Waals surface area contributed by atoms with Gasteiger partial charge in [0, 0.05) is 32.7 Å². The van der Waals surface area contributed by atoms with E-state index in [2.05, 4.69) is 13.8 Å². The van der Waals surface area contributed by atoms with Crippen molar-refractivity contribution in [3.8, 4) is 0 Å². The van der Waals surface area contributed by atoms with Crippen LogP contribution in [0, 0.1) is 0 Å². The summed E-state index contributed by atoms with van der Waals surface area (Å²) >= 11 is 0. The number of fused-ring (bicyclic) bond motifs is 1. The van der Waals surface area contributed by atoms with Gasteiger partial charge in [0.2, 0.25) is 15.9 Å². The predicted octanol–water partition coefficient (Wildman–Crippen LogP) is 3.54. The molecule has 0 saturated carbocycles. The topological polar surface area (TPSA) is 57.7 Å². The number of anilines is 1. The molecule has 2 aromatic carbocycles. The van der Waals surface area contributed by atoms with Crippen LogP contribution in [0.25, 0.3) is 0 Å². The molecule has 1 amide bonds. The van der Waals surface area contributed by atoms with E-state index in [-0.39, 0.29) is 10.8 Å². The molecule has 5 nitrogen and oxygen atoms in total. The number of carbonyl (C=O) groups is 1. The Morgan fingerprint density at radius 2 is 1.81 bits per heavy atom. The van der Waals surface area contributed by atoms with Gasteiger partial charge in [-0.1, -0.05) is 38.1 Å². The SMILES string of the molecule is CC(=O)N1CCc2cc(S(=O)(=O)N(C)Cc3ccc(C(C)C)cc3)ccc21. The average Bonchev–Trinajstić information content (AvgIpc) is 3.05. The second-order valence-electron chi connectivity index (χ2n) is 7.37. The van der Waals surface area contributed by atoms with Crippen molar-refractivity contribution in [3.63, 3.8) is 0 Å². The lowest BCUT2D eigenvalue weighted by Crippen LogP contribution is -2.27. The van der Waals surface area contributed by atoms with E-state index in [9.17, 15) is 13.2 Å². The third-order valence-corrected chi connectivity index (χ3v) is 6.89. The maximum Gasteiger partial charge on any atom is 0.243 e. The maximum atomic E-state index is 13.0. The van der Waals surface area contributed by atoms with Gasteiger partial charge in [0.15, 0.2) is 0 Å². The lowest BCUT2D eigenvalue weighted by atomic mass is 10.0. The molecule has 0 aromatic heterocycles. The molecule has 0 unspecified atom stereocenters. The Bertz CT molecular complexity index is 950. The summed E-state index contributed by atoms with van der Waals surface area (Å²) in [4.78, 5) is 13.6. The van der Waals surface area contributed by atoms with Crippen LogP contribution in [0.5, 0.6) is 0 Å². The van der Waals surface area contributed by atoms with Gasteiger partial charge in [0.25, 0.3) is 0 Å². The number of hydrogen-bond donors (Lipinski definition) is 0. The minimum absolute atomic E-state index is 0.0219. The summed E-state index contributed by atoms with van der Waals surface area (Å²) in [5.74, 6) is 0.424. The number of rotatable bonds is 5. The molecule has 0 bridgehead atoms. The number of sulfonamides is 1. The largest absolute Gasteiger partial charge is 0.312 e. The predicted molar refractivity (Wildman–Crippen MR) is 107 cm³/mol. The number of amides is 1. The molecule has 0 atom stereocenters. The van der Waals surface area contributed by atoms with Gasteiger partial charge in [-0.25, -0.2) is 8.42 Å². The first-order valence-electron chi connectivity index (χ1n) is 9.16. The van der Waals surface area contributed by atoms with Crippen LogP contribution in [-0.4, -0.2) is 32.2 Å². The van der Waals surface area contributed by atoms with Crippen molar-refractivity contribution < 1.29 is 13.2 Å². The fourth-order valence-corrected chi connectivity index (χ4v) is 4.61. The highest BCUT2D eigenvalue weighted by Crippen LogP contribution is 2.31. The summed E-state index contributed by atoms with van der Waals surface area (Å²) in [5.41, 5.74) is 3.90. The Balaban J connectivity index is 1.80. The van der Waals surface area contributed by atoms with Gasteiger partial charge in [-0.3, -0.25) is 4.79 Å². The van der Waals surface area contributed by atoms with E-state index in [0.29, 0.717) is 25.4 Å². The van der Waals surface area contributed by atoms with Gasteiger partial charge < -0.3 is 4.90 Å². The van der Waals surface area contributed by atoms with Crippen molar-refractivity contribution in [2.75, 3.05) is 18.5 Å². The lowest BCUT2D eigenvalue weighted by molar-refractivity contribution is -0.116. The standard InChI is InChI=1S/C21H26N2O3S/c1-15(2)18-7-5-17(6-8-18)14-22(4)27(25,26)20-9-10-21-19(13-20)11-12-23(21)16(3)24/h5-10,13,15H,11-12,14H2,1-4H3. The number of nitrogens with zero attached hydrogens (tertiary/aromatic N) is 2. The molecular weight excluding hydrogens is 360 g/mol. The average molecular weight is 387 g/mol. The van der Waals surface area contributed by atoms with E-state index in [1.165, 1.54) is 16.8 Å². The Labute approximate surface area is 161 Å². The quantitative estimate of drug-likeness (QED) is 0.790. The van der Waals surface area contributed by atoms with Gasteiger partial charge in [-0.05, 0) is 47.2 Å². The Morgan fingerprint density at radius 1 is 1.15 bits per heavy atom. The Kier molecular flexibility index (Phi) is 5.40. The molecule has 0 fully saturated rings. The molecule has 0 spiro atoms. The second-order valence-corrected chi connectivity index (χ2v) is 9.41. The van der Waals surface area contributed by atoms with Gasteiger partial charge in [-0.15, -0.1) is 0 Å². The van der Waals surface area contributed by atoms with Crippen LogP contribution in [0.2, 0.25) is 0 Å². The highest BCUT2D eigenvalue weighted by molar-refractivity contribution is 7.89. The van der Waals surface area contributed by atoms with Crippen molar-refractivity contribution >= 4 is 21.6 Å². The zero-order chi connectivity index (χ0) is 19.8. The van der Waals surface area contributed by atoms with Crippen molar-refractivity contribution in [2.45, 2.75) is 44.6 Å². The van der Waals surface area contributed by atoms with E-state index in [1.54, 1.807) is 30.1 Å². The van der Waals surface area contributed by atoms with Crippen LogP contribution in [0.3, 0.4) is 0 Å². The molecule has 2 aromatic rings. The van der Waals surface area contributed by atoms with Crippen molar-refractivity contribution in [1.82, 2.24) is 4.31 Å². The van der Waals surface area contributed by atoms with Crippen LogP contribution < -0.4 is 4.90 Å². The van der Waals surface area contributed by atoms with Gasteiger partial charge in [-0.2, -0.15) is 4.31 Å². The van der Waals surface area contributed by atoms with E-state index >= 15 is 0 Å². The van der Waals surface area contributed by atoms with E-state index in [0.717, 1.165) is 16.8 Å². The van der Waals surface area contributed by atoms with E-state index < -0.39 is 10.0 Å². The zero-order valence-electron chi connectivity index (χ0n) is 16.3. The summed E-state index contributed by atoms with van der Waals surface area (Å²) in [6.07, 6.45) is 0.679. The molecule has 3 rings (SSSR count). The van der Waals surface area contributed by atoms with Crippen molar-refractivity contribution in [2.24, 2.45) is 0 Å². The van der Waals surface area contributed by atoms with Crippen LogP contribution in [-0.2, 0) is 27.8 Å². The molecule has 0 N–H and O–H groups in total. The molecule has 0 aliphatic carbocycles. The zero-order valence-corrected chi connectivity index (χ0v) is 17.1. The lowest BCUT2D eigenvalue weighted by Gasteiger charge is -2.19. The van der Waals surface area contributed by atoms with Crippen LogP contribution in [0.1, 0.15) is 43.4 Å². The number of carbonyl (C=O) groups excluding carboxylic acids is 1. The highest BCUT2D eigenvalue weighted by atomic mass is 32.2. The maximum absolute atomic E-state index is 13.0. The third-order valence-electron chi connectivity index (χ3n) is 5.09. The molecular formula is C21H26N2O3S. The van der Waals surface area contributed by atoms with E-state index in [1.807, 2.05) is 24.3 Å². The monoisotopic (exact) mass is 386 g/mol. The van der Waals surface area contributed by atoms with Gasteiger partial charge >= 0.3 is 0 Å². The summed E-state index contributed by atoms with van der Waals surface area (Å²) in [7, 11) is -2.00. The van der Waals surface area contributed by atoms with Gasteiger partial charge in [0.05, 0.1) is 4.90 Å². The fourth-order valence-electron chi connectivity index (χ4n) is 3.40. The smallest absolute Gasteiger partial charge is 0.243 e. The molecule has 6 heteroatoms. The van der Waals surface area contributed by atoms with Crippen LogP contribution >= 0.6 is 0 Å². The fraction of sp³-hybridized carbons (Fsp3) is 0.381. The normalized spacial score (nSPS) is 14.1. The minimum Gasteiger partial charge on any atom is -0.312 e. The summed E-state index contributed by atoms with van der Waals surface area (Å²) in [6, 6.07) is 13.1. The molecule has 1 heterocycles. The summed E-state index contributed by atoms with van der Waals surface area (Å²) in [6.45, 7) is 6.71. The van der Waals surface area contributed by atoms with Crippen LogP contribution in [0.15, 0.2) is 47.4 Å². The molecule has 27 heavy (non-hydrogen) atoms. The third kappa shape index (κ3) is 3.92. The first kappa shape index (κ1) is 19.6. The van der Waals surface area contributed by atoms with Crippen LogP contribution in [0.4, 0.5) is 5.69 Å². The number of hydrogen-bond acceptors (Lipinski definition) is 3. The van der Waals surface area contributed by atoms with Crippen molar-refractivity contribution in [3.05, 3.63) is 59.2 Å². The van der Waals surface area contributed by atoms with Gasteiger partial charge in [0.1, 0.15) is 0 Å². The molecule has 0 saturated heterocycles. The molecule has 0 radical (unpaired) electrons. The summed E-state index contributed by atoms with van der Waals surface area (Å²) < 4.78 is 27.3. The van der Waals surface area contributed by atoms with E-state index in [4.69, 9.17) is 0 Å². The number of benzene rings is 2. The Morgan fingerprint density at radius 3 is 2.41 bits per heavy atom. The second kappa shape index (κ2) is 7.44.